The van der Waals surface area contributed by atoms with Crippen LogP contribution in [0.2, 0.25) is 5.02 Å². The van der Waals surface area contributed by atoms with E-state index in [4.69, 9.17) is 11.6 Å². The van der Waals surface area contributed by atoms with Gasteiger partial charge in [0.25, 0.3) is 5.91 Å². The van der Waals surface area contributed by atoms with Crippen molar-refractivity contribution in [2.75, 3.05) is 11.9 Å². The van der Waals surface area contributed by atoms with Gasteiger partial charge >= 0.3 is 0 Å². The van der Waals surface area contributed by atoms with E-state index < -0.39 is 0 Å². The molecule has 0 aliphatic heterocycles. The van der Waals surface area contributed by atoms with Gasteiger partial charge in [0.2, 0.25) is 0 Å². The summed E-state index contributed by atoms with van der Waals surface area (Å²) in [7, 11) is 0. The number of amides is 1. The quantitative estimate of drug-likeness (QED) is 0.787. The minimum absolute atomic E-state index is 0.0666. The van der Waals surface area contributed by atoms with Crippen molar-refractivity contribution in [1.29, 1.82) is 0 Å². The summed E-state index contributed by atoms with van der Waals surface area (Å²) in [5, 5.41) is 11.0. The van der Waals surface area contributed by atoms with Gasteiger partial charge in [-0.05, 0) is 31.0 Å². The number of hydrogen-bond acceptors (Lipinski definition) is 2. The van der Waals surface area contributed by atoms with Gasteiger partial charge in [0, 0.05) is 22.9 Å². The Morgan fingerprint density at radius 3 is 2.53 bits per heavy atom. The van der Waals surface area contributed by atoms with Crippen molar-refractivity contribution < 1.29 is 9.90 Å². The molecule has 0 aliphatic carbocycles. The molecule has 19 heavy (non-hydrogen) atoms. The fourth-order valence-corrected chi connectivity index (χ4v) is 2.66. The van der Waals surface area contributed by atoms with Gasteiger partial charge in [0.15, 0.2) is 0 Å². The topological polar surface area (TPSA) is 40.5 Å². The average molecular weight is 349 g/mol. The van der Waals surface area contributed by atoms with Crippen LogP contribution in [0.1, 0.15) is 37.0 Å². The molecule has 1 aromatic rings. The number of nitrogens with zero attached hydrogens (tertiary/aromatic N) is 1. The summed E-state index contributed by atoms with van der Waals surface area (Å²) >= 11 is 9.16. The molecule has 0 saturated carbocycles. The Morgan fingerprint density at radius 1 is 1.42 bits per heavy atom. The lowest BCUT2D eigenvalue weighted by Crippen LogP contribution is -2.41. The molecule has 1 rings (SSSR count). The van der Waals surface area contributed by atoms with Crippen LogP contribution >= 0.6 is 27.5 Å². The smallest absolute Gasteiger partial charge is 0.257 e. The summed E-state index contributed by atoms with van der Waals surface area (Å²) in [4.78, 5) is 14.3. The standard InChI is InChI=1S/C14H19BrClNO2/c1-3-11(4-2)17(8-7-15)14(19)12-6-5-10(16)9-13(12)18/h5-6,9,11,18H,3-4,7-8H2,1-2H3. The zero-order valence-corrected chi connectivity index (χ0v) is 13.5. The van der Waals surface area contributed by atoms with Gasteiger partial charge < -0.3 is 10.0 Å². The maximum absolute atomic E-state index is 12.5. The van der Waals surface area contributed by atoms with E-state index >= 15 is 0 Å². The van der Waals surface area contributed by atoms with E-state index in [0.29, 0.717) is 22.5 Å². The van der Waals surface area contributed by atoms with Crippen molar-refractivity contribution >= 4 is 33.4 Å². The van der Waals surface area contributed by atoms with E-state index in [-0.39, 0.29) is 17.7 Å². The molecule has 0 heterocycles. The molecule has 0 fully saturated rings. The Bertz CT molecular complexity index is 435. The third-order valence-corrected chi connectivity index (χ3v) is 3.75. The fourth-order valence-electron chi connectivity index (χ4n) is 2.11. The lowest BCUT2D eigenvalue weighted by Gasteiger charge is -2.30. The second kappa shape index (κ2) is 7.75. The predicted octanol–water partition coefficient (Wildman–Crippen LogP) is 4.07. The number of benzene rings is 1. The minimum atomic E-state index is -0.151. The molecule has 5 heteroatoms. The number of halogens is 2. The number of phenolic OH excluding ortho intramolecular Hbond substituents is 1. The van der Waals surface area contributed by atoms with Crippen molar-refractivity contribution in [1.82, 2.24) is 4.90 Å². The second-order valence-electron chi connectivity index (χ2n) is 4.32. The van der Waals surface area contributed by atoms with Crippen LogP contribution < -0.4 is 0 Å². The van der Waals surface area contributed by atoms with Crippen LogP contribution in [0.3, 0.4) is 0 Å². The molecule has 0 radical (unpaired) electrons. The molecular formula is C14H19BrClNO2. The molecule has 1 amide bonds. The maximum Gasteiger partial charge on any atom is 0.257 e. The van der Waals surface area contributed by atoms with E-state index in [0.717, 1.165) is 12.8 Å². The Kier molecular flexibility index (Phi) is 6.66. The van der Waals surface area contributed by atoms with Crippen LogP contribution in [0.15, 0.2) is 18.2 Å². The first-order valence-electron chi connectivity index (χ1n) is 6.40. The molecule has 0 aromatic heterocycles. The highest BCUT2D eigenvalue weighted by atomic mass is 79.9. The van der Waals surface area contributed by atoms with Crippen LogP contribution in [0.25, 0.3) is 0 Å². The summed E-state index contributed by atoms with van der Waals surface area (Å²) < 4.78 is 0. The molecular weight excluding hydrogens is 330 g/mol. The molecule has 0 bridgehead atoms. The summed E-state index contributed by atoms with van der Waals surface area (Å²) in [6.45, 7) is 4.74. The van der Waals surface area contributed by atoms with E-state index in [2.05, 4.69) is 29.8 Å². The first kappa shape index (κ1) is 16.3. The van der Waals surface area contributed by atoms with Gasteiger partial charge in [-0.2, -0.15) is 0 Å². The monoisotopic (exact) mass is 347 g/mol. The van der Waals surface area contributed by atoms with Crippen molar-refractivity contribution in [3.63, 3.8) is 0 Å². The predicted molar refractivity (Wildman–Crippen MR) is 82.3 cm³/mol. The number of aromatic hydroxyl groups is 1. The number of phenols is 1. The van der Waals surface area contributed by atoms with Gasteiger partial charge in [-0.15, -0.1) is 0 Å². The highest BCUT2D eigenvalue weighted by Crippen LogP contribution is 2.24. The molecule has 1 N–H and O–H groups in total. The van der Waals surface area contributed by atoms with Crippen LogP contribution in [0.4, 0.5) is 0 Å². The number of carbonyl (C=O) groups excluding carboxylic acids is 1. The number of carbonyl (C=O) groups is 1. The highest BCUT2D eigenvalue weighted by Gasteiger charge is 2.23. The first-order valence-corrected chi connectivity index (χ1v) is 7.90. The van der Waals surface area contributed by atoms with E-state index in [1.165, 1.54) is 6.07 Å². The van der Waals surface area contributed by atoms with Crippen LogP contribution in [-0.4, -0.2) is 33.8 Å². The van der Waals surface area contributed by atoms with Gasteiger partial charge in [-0.3, -0.25) is 4.79 Å². The third kappa shape index (κ3) is 4.11. The Morgan fingerprint density at radius 2 is 2.05 bits per heavy atom. The fraction of sp³-hybridized carbons (Fsp3) is 0.500. The van der Waals surface area contributed by atoms with E-state index in [1.54, 1.807) is 17.0 Å². The summed E-state index contributed by atoms with van der Waals surface area (Å²) in [6.07, 6.45) is 1.78. The minimum Gasteiger partial charge on any atom is -0.507 e. The lowest BCUT2D eigenvalue weighted by atomic mass is 10.1. The average Bonchev–Trinajstić information content (AvgIpc) is 2.38. The van der Waals surface area contributed by atoms with Gasteiger partial charge in [-0.25, -0.2) is 0 Å². The van der Waals surface area contributed by atoms with Crippen molar-refractivity contribution in [3.05, 3.63) is 28.8 Å². The third-order valence-electron chi connectivity index (χ3n) is 3.16. The number of alkyl halides is 1. The van der Waals surface area contributed by atoms with Crippen molar-refractivity contribution in [2.24, 2.45) is 0 Å². The molecule has 0 spiro atoms. The van der Waals surface area contributed by atoms with Gasteiger partial charge in [0.05, 0.1) is 5.56 Å². The second-order valence-corrected chi connectivity index (χ2v) is 5.55. The molecule has 106 valence electrons. The summed E-state index contributed by atoms with van der Waals surface area (Å²) in [5.41, 5.74) is 0.303. The molecule has 0 unspecified atom stereocenters. The first-order chi connectivity index (χ1) is 9.04. The molecule has 0 aliphatic rings. The highest BCUT2D eigenvalue weighted by molar-refractivity contribution is 9.09. The Hall–Kier alpha value is -0.740. The van der Waals surface area contributed by atoms with Gasteiger partial charge in [0.1, 0.15) is 5.75 Å². The number of hydrogen-bond donors (Lipinski definition) is 1. The Balaban J connectivity index is 3.04. The van der Waals surface area contributed by atoms with Crippen LogP contribution in [-0.2, 0) is 0 Å². The summed E-state index contributed by atoms with van der Waals surface area (Å²) in [6, 6.07) is 4.77. The number of rotatable bonds is 6. The van der Waals surface area contributed by atoms with Crippen LogP contribution in [0, 0.1) is 0 Å². The molecule has 0 atom stereocenters. The Labute approximate surface area is 127 Å². The zero-order chi connectivity index (χ0) is 14.4. The largest absolute Gasteiger partial charge is 0.507 e. The molecule has 3 nitrogen and oxygen atoms in total. The normalized spacial score (nSPS) is 10.8. The van der Waals surface area contributed by atoms with Gasteiger partial charge in [-0.1, -0.05) is 41.4 Å². The lowest BCUT2D eigenvalue weighted by molar-refractivity contribution is 0.0680. The van der Waals surface area contributed by atoms with Crippen molar-refractivity contribution in [2.45, 2.75) is 32.7 Å². The maximum atomic E-state index is 12.5. The van der Waals surface area contributed by atoms with E-state index in [1.807, 2.05) is 0 Å². The SMILES string of the molecule is CCC(CC)N(CCBr)C(=O)c1ccc(Cl)cc1O. The van der Waals surface area contributed by atoms with Crippen molar-refractivity contribution in [3.8, 4) is 5.75 Å². The van der Waals surface area contributed by atoms with E-state index in [9.17, 15) is 9.90 Å². The zero-order valence-electron chi connectivity index (χ0n) is 11.2. The van der Waals surface area contributed by atoms with Crippen LogP contribution in [0.5, 0.6) is 5.75 Å². The molecule has 1 aromatic carbocycles. The summed E-state index contributed by atoms with van der Waals surface area (Å²) in [5.74, 6) is -0.217. The molecule has 0 saturated heterocycles.